The topological polar surface area (TPSA) is 53.1 Å². The average Bonchev–Trinajstić information content (AvgIpc) is 2.39. The molecule has 2 N–H and O–H groups in total. The number of rotatable bonds is 8. The van der Waals surface area contributed by atoms with Crippen LogP contribution in [0.15, 0.2) is 12.4 Å². The zero-order valence-corrected chi connectivity index (χ0v) is 12.0. The summed E-state index contributed by atoms with van der Waals surface area (Å²) >= 11 is 0. The van der Waals surface area contributed by atoms with Crippen LogP contribution in [0.2, 0.25) is 0 Å². The summed E-state index contributed by atoms with van der Waals surface area (Å²) in [6, 6.07) is 2.04. The van der Waals surface area contributed by atoms with Gasteiger partial charge in [-0.15, -0.1) is 0 Å². The molecule has 0 amide bonds. The van der Waals surface area contributed by atoms with Gasteiger partial charge in [0.2, 0.25) is 0 Å². The van der Waals surface area contributed by atoms with Crippen molar-refractivity contribution in [3.8, 4) is 0 Å². The smallest absolute Gasteiger partial charge is 0.133 e. The molecule has 106 valence electrons. The molecule has 1 aliphatic rings. The lowest BCUT2D eigenvalue weighted by atomic mass is 9.85. The van der Waals surface area contributed by atoms with E-state index in [9.17, 15) is 0 Å². The van der Waals surface area contributed by atoms with Crippen LogP contribution in [0, 0.1) is 5.92 Å². The Hall–Kier alpha value is -1.36. The Labute approximate surface area is 115 Å². The van der Waals surface area contributed by atoms with Crippen LogP contribution in [0.1, 0.15) is 25.7 Å². The normalized spacial score (nSPS) is 15.1. The Morgan fingerprint density at radius 1 is 1.32 bits per heavy atom. The first-order valence-corrected chi connectivity index (χ1v) is 7.21. The molecule has 0 saturated heterocycles. The van der Waals surface area contributed by atoms with Crippen LogP contribution in [0.4, 0.5) is 11.6 Å². The largest absolute Gasteiger partial charge is 0.370 e. The maximum atomic E-state index is 4.36. The first kappa shape index (κ1) is 14.1. The van der Waals surface area contributed by atoms with Gasteiger partial charge in [-0.2, -0.15) is 0 Å². The molecule has 0 spiro atoms. The molecule has 1 aromatic heterocycles. The van der Waals surface area contributed by atoms with E-state index in [1.54, 1.807) is 6.33 Å². The van der Waals surface area contributed by atoms with Gasteiger partial charge in [-0.3, -0.25) is 0 Å². The van der Waals surface area contributed by atoms with Gasteiger partial charge in [-0.1, -0.05) is 6.42 Å². The summed E-state index contributed by atoms with van der Waals surface area (Å²) in [5.41, 5.74) is 0. The van der Waals surface area contributed by atoms with E-state index in [0.717, 1.165) is 43.6 Å². The van der Waals surface area contributed by atoms with Gasteiger partial charge >= 0.3 is 0 Å². The molecule has 1 aliphatic carbocycles. The van der Waals surface area contributed by atoms with E-state index in [-0.39, 0.29) is 0 Å². The van der Waals surface area contributed by atoms with Gasteiger partial charge in [0.1, 0.15) is 18.0 Å². The van der Waals surface area contributed by atoms with Crippen molar-refractivity contribution in [2.45, 2.75) is 25.7 Å². The van der Waals surface area contributed by atoms with E-state index in [4.69, 9.17) is 0 Å². The molecular weight excluding hydrogens is 238 g/mol. The van der Waals surface area contributed by atoms with Crippen molar-refractivity contribution in [3.63, 3.8) is 0 Å². The summed E-state index contributed by atoms with van der Waals surface area (Å²) in [6.07, 6.45) is 6.86. The van der Waals surface area contributed by atoms with E-state index in [2.05, 4.69) is 32.5 Å². The van der Waals surface area contributed by atoms with Crippen molar-refractivity contribution in [2.24, 2.45) is 5.92 Å². The summed E-state index contributed by atoms with van der Waals surface area (Å²) in [5, 5.41) is 6.48. The van der Waals surface area contributed by atoms with Gasteiger partial charge in [0.25, 0.3) is 0 Å². The lowest BCUT2D eigenvalue weighted by molar-refractivity contribution is 0.321. The Kier molecular flexibility index (Phi) is 5.39. The van der Waals surface area contributed by atoms with Crippen molar-refractivity contribution in [2.75, 3.05) is 43.9 Å². The molecule has 5 nitrogen and oxygen atoms in total. The Morgan fingerprint density at radius 2 is 2.16 bits per heavy atom. The van der Waals surface area contributed by atoms with Crippen LogP contribution >= 0.6 is 0 Å². The Balaban J connectivity index is 1.82. The third kappa shape index (κ3) is 4.35. The summed E-state index contributed by atoms with van der Waals surface area (Å²) < 4.78 is 0. The molecule has 0 bridgehead atoms. The van der Waals surface area contributed by atoms with Crippen LogP contribution in [0.3, 0.4) is 0 Å². The molecule has 2 rings (SSSR count). The molecule has 1 heterocycles. The van der Waals surface area contributed by atoms with Gasteiger partial charge in [-0.25, -0.2) is 9.97 Å². The van der Waals surface area contributed by atoms with Gasteiger partial charge in [0.05, 0.1) is 0 Å². The van der Waals surface area contributed by atoms with Crippen molar-refractivity contribution in [1.29, 1.82) is 0 Å². The highest BCUT2D eigenvalue weighted by atomic mass is 15.2. The van der Waals surface area contributed by atoms with E-state index >= 15 is 0 Å². The number of hydrogen-bond donors (Lipinski definition) is 2. The molecule has 0 atom stereocenters. The SMILES string of the molecule is CNCCCNc1cc(N(C)CC2CCC2)ncn1. The number of anilines is 2. The second-order valence-corrected chi connectivity index (χ2v) is 5.32. The molecule has 0 aliphatic heterocycles. The maximum absolute atomic E-state index is 4.36. The highest BCUT2D eigenvalue weighted by molar-refractivity contribution is 5.47. The van der Waals surface area contributed by atoms with Crippen LogP contribution in [0.5, 0.6) is 0 Å². The third-order valence-electron chi connectivity index (χ3n) is 3.71. The molecule has 0 aromatic carbocycles. The lowest BCUT2D eigenvalue weighted by Gasteiger charge is -2.30. The van der Waals surface area contributed by atoms with Crippen LogP contribution < -0.4 is 15.5 Å². The molecule has 0 radical (unpaired) electrons. The van der Waals surface area contributed by atoms with Crippen molar-refractivity contribution < 1.29 is 0 Å². The third-order valence-corrected chi connectivity index (χ3v) is 3.71. The zero-order valence-electron chi connectivity index (χ0n) is 12.0. The van der Waals surface area contributed by atoms with Gasteiger partial charge in [0, 0.05) is 26.2 Å². The molecule has 19 heavy (non-hydrogen) atoms. The fraction of sp³-hybridized carbons (Fsp3) is 0.714. The highest BCUT2D eigenvalue weighted by Gasteiger charge is 2.19. The number of hydrogen-bond acceptors (Lipinski definition) is 5. The number of nitrogens with one attached hydrogen (secondary N) is 2. The maximum Gasteiger partial charge on any atom is 0.133 e. The molecule has 1 fully saturated rings. The molecule has 5 heteroatoms. The van der Waals surface area contributed by atoms with Crippen molar-refractivity contribution in [1.82, 2.24) is 15.3 Å². The number of aromatic nitrogens is 2. The van der Waals surface area contributed by atoms with E-state index in [1.165, 1.54) is 19.3 Å². The Bertz CT molecular complexity index is 378. The molecular formula is C14H25N5. The Morgan fingerprint density at radius 3 is 2.84 bits per heavy atom. The first-order valence-electron chi connectivity index (χ1n) is 7.21. The van der Waals surface area contributed by atoms with Gasteiger partial charge in [-0.05, 0) is 38.8 Å². The molecule has 1 saturated carbocycles. The summed E-state index contributed by atoms with van der Waals surface area (Å²) in [7, 11) is 4.09. The summed E-state index contributed by atoms with van der Waals surface area (Å²) in [5.74, 6) is 2.78. The standard InChI is InChI=1S/C14H25N5/c1-15-7-4-8-16-13-9-14(18-11-17-13)19(2)10-12-5-3-6-12/h9,11-12,15H,3-8,10H2,1-2H3,(H,16,17,18). The number of nitrogens with zero attached hydrogens (tertiary/aromatic N) is 3. The minimum absolute atomic E-state index is 0.854. The van der Waals surface area contributed by atoms with Gasteiger partial charge < -0.3 is 15.5 Å². The monoisotopic (exact) mass is 263 g/mol. The highest BCUT2D eigenvalue weighted by Crippen LogP contribution is 2.28. The van der Waals surface area contributed by atoms with E-state index in [1.807, 2.05) is 13.1 Å². The van der Waals surface area contributed by atoms with E-state index < -0.39 is 0 Å². The predicted molar refractivity (Wildman–Crippen MR) is 79.7 cm³/mol. The molecule has 1 aromatic rings. The van der Waals surface area contributed by atoms with Crippen LogP contribution in [0.25, 0.3) is 0 Å². The van der Waals surface area contributed by atoms with Crippen LogP contribution in [-0.2, 0) is 0 Å². The second-order valence-electron chi connectivity index (χ2n) is 5.32. The minimum Gasteiger partial charge on any atom is -0.370 e. The minimum atomic E-state index is 0.854. The fourth-order valence-corrected chi connectivity index (χ4v) is 2.29. The summed E-state index contributed by atoms with van der Waals surface area (Å²) in [6.45, 7) is 3.06. The van der Waals surface area contributed by atoms with Crippen molar-refractivity contribution in [3.05, 3.63) is 12.4 Å². The quantitative estimate of drug-likeness (QED) is 0.700. The second kappa shape index (κ2) is 7.28. The zero-order chi connectivity index (χ0) is 13.5. The predicted octanol–water partition coefficient (Wildman–Crippen LogP) is 1.73. The van der Waals surface area contributed by atoms with Crippen LogP contribution in [-0.4, -0.2) is 43.7 Å². The van der Waals surface area contributed by atoms with Crippen molar-refractivity contribution >= 4 is 11.6 Å². The van der Waals surface area contributed by atoms with Gasteiger partial charge in [0.15, 0.2) is 0 Å². The van der Waals surface area contributed by atoms with E-state index in [0.29, 0.717) is 0 Å². The first-order chi connectivity index (χ1) is 9.29. The average molecular weight is 263 g/mol. The fourth-order valence-electron chi connectivity index (χ4n) is 2.29. The molecule has 0 unspecified atom stereocenters. The lowest BCUT2D eigenvalue weighted by Crippen LogP contribution is -2.29. The summed E-state index contributed by atoms with van der Waals surface area (Å²) in [4.78, 5) is 10.9.